The molecule has 0 radical (unpaired) electrons. The maximum atomic E-state index is 12.8. The minimum absolute atomic E-state index is 0.207. The van der Waals surface area contributed by atoms with E-state index in [0.29, 0.717) is 0 Å². The zero-order valence-electron chi connectivity index (χ0n) is 7.66. The number of rotatable bonds is 2. The molecule has 2 N–H and O–H groups in total. The highest BCUT2D eigenvalue weighted by Crippen LogP contribution is 2.27. The molecule has 0 aromatic heterocycles. The van der Waals surface area contributed by atoms with Gasteiger partial charge in [0.05, 0.1) is 6.54 Å². The van der Waals surface area contributed by atoms with Crippen molar-refractivity contribution < 1.29 is 9.18 Å². The summed E-state index contributed by atoms with van der Waals surface area (Å²) >= 11 is 0. The molecule has 1 amide bonds. The fourth-order valence-electron chi connectivity index (χ4n) is 1.79. The van der Waals surface area contributed by atoms with Crippen LogP contribution in [0.25, 0.3) is 0 Å². The Kier molecular flexibility index (Phi) is 2.11. The number of hydrogen-bond acceptors (Lipinski definition) is 2. The molecule has 0 fully saturated rings. The third-order valence-electron chi connectivity index (χ3n) is 2.38. The Morgan fingerprint density at radius 1 is 1.57 bits per heavy atom. The molecule has 0 spiro atoms. The van der Waals surface area contributed by atoms with E-state index in [1.807, 2.05) is 4.90 Å². The van der Waals surface area contributed by atoms with Gasteiger partial charge in [0.2, 0.25) is 5.91 Å². The minimum Gasteiger partial charge on any atom is -0.368 e. The number of carbonyl (C=O) groups is 1. The maximum Gasteiger partial charge on any atom is 0.236 e. The van der Waals surface area contributed by atoms with Gasteiger partial charge in [0.1, 0.15) is 5.82 Å². The van der Waals surface area contributed by atoms with Crippen LogP contribution in [0, 0.1) is 5.82 Å². The van der Waals surface area contributed by atoms with E-state index >= 15 is 0 Å². The van der Waals surface area contributed by atoms with Crippen LogP contribution in [0.1, 0.15) is 5.56 Å². The number of benzene rings is 1. The topological polar surface area (TPSA) is 46.3 Å². The average molecular weight is 194 g/mol. The summed E-state index contributed by atoms with van der Waals surface area (Å²) in [6.45, 7) is 0.945. The van der Waals surface area contributed by atoms with E-state index < -0.39 is 0 Å². The maximum absolute atomic E-state index is 12.8. The van der Waals surface area contributed by atoms with Crippen LogP contribution in [-0.4, -0.2) is 19.0 Å². The number of hydrogen-bond donors (Lipinski definition) is 1. The molecule has 1 aromatic rings. The third-order valence-corrected chi connectivity index (χ3v) is 2.38. The third kappa shape index (κ3) is 1.55. The Balaban J connectivity index is 2.26. The molecule has 4 heteroatoms. The molecule has 1 aliphatic heterocycles. The van der Waals surface area contributed by atoms with E-state index in [1.54, 1.807) is 6.07 Å². The van der Waals surface area contributed by atoms with Gasteiger partial charge in [-0.05, 0) is 30.2 Å². The molecule has 1 aromatic carbocycles. The van der Waals surface area contributed by atoms with Gasteiger partial charge in [0, 0.05) is 12.2 Å². The van der Waals surface area contributed by atoms with Gasteiger partial charge < -0.3 is 10.6 Å². The normalized spacial score (nSPS) is 14.2. The predicted molar refractivity (Wildman–Crippen MR) is 51.5 cm³/mol. The molecule has 0 atom stereocenters. The quantitative estimate of drug-likeness (QED) is 0.752. The summed E-state index contributed by atoms with van der Waals surface area (Å²) in [6, 6.07) is 4.61. The minimum atomic E-state index is -0.359. The summed E-state index contributed by atoms with van der Waals surface area (Å²) in [4.78, 5) is 12.6. The number of nitrogens with two attached hydrogens (primary N) is 1. The molecule has 0 saturated heterocycles. The highest BCUT2D eigenvalue weighted by molar-refractivity contribution is 5.80. The van der Waals surface area contributed by atoms with Gasteiger partial charge in [-0.25, -0.2) is 4.39 Å². The van der Waals surface area contributed by atoms with Crippen molar-refractivity contribution in [3.63, 3.8) is 0 Å². The van der Waals surface area contributed by atoms with Crippen molar-refractivity contribution in [2.45, 2.75) is 6.42 Å². The first-order valence-corrected chi connectivity index (χ1v) is 4.48. The molecule has 2 rings (SSSR count). The zero-order chi connectivity index (χ0) is 10.1. The van der Waals surface area contributed by atoms with Crippen molar-refractivity contribution >= 4 is 11.6 Å². The molecular weight excluding hydrogens is 183 g/mol. The number of nitrogens with zero attached hydrogens (tertiary/aromatic N) is 1. The highest BCUT2D eigenvalue weighted by Gasteiger charge is 2.20. The van der Waals surface area contributed by atoms with E-state index in [9.17, 15) is 9.18 Å². The van der Waals surface area contributed by atoms with Crippen molar-refractivity contribution in [2.75, 3.05) is 18.0 Å². The zero-order valence-corrected chi connectivity index (χ0v) is 7.66. The van der Waals surface area contributed by atoms with E-state index in [0.717, 1.165) is 24.2 Å². The van der Waals surface area contributed by atoms with Crippen LogP contribution in [0.3, 0.4) is 0 Å². The number of carbonyl (C=O) groups excluding carboxylic acids is 1. The summed E-state index contributed by atoms with van der Waals surface area (Å²) in [7, 11) is 0. The van der Waals surface area contributed by atoms with Gasteiger partial charge in [-0.1, -0.05) is 0 Å². The van der Waals surface area contributed by atoms with Crippen LogP contribution >= 0.6 is 0 Å². The molecule has 0 aliphatic carbocycles. The predicted octanol–water partition coefficient (Wildman–Crippen LogP) is 0.673. The van der Waals surface area contributed by atoms with Gasteiger partial charge in [0.25, 0.3) is 0 Å². The summed E-state index contributed by atoms with van der Waals surface area (Å²) in [5.41, 5.74) is 6.98. The van der Waals surface area contributed by atoms with Gasteiger partial charge >= 0.3 is 0 Å². The Hall–Kier alpha value is -1.58. The fraction of sp³-hybridized carbons (Fsp3) is 0.300. The van der Waals surface area contributed by atoms with Crippen LogP contribution in [0.15, 0.2) is 18.2 Å². The second kappa shape index (κ2) is 3.29. The first kappa shape index (κ1) is 8.99. The molecule has 0 saturated carbocycles. The second-order valence-corrected chi connectivity index (χ2v) is 3.41. The lowest BCUT2D eigenvalue weighted by atomic mass is 10.2. The summed E-state index contributed by atoms with van der Waals surface area (Å²) in [5, 5.41) is 0. The largest absolute Gasteiger partial charge is 0.368 e. The van der Waals surface area contributed by atoms with Gasteiger partial charge in [-0.2, -0.15) is 0 Å². The highest BCUT2D eigenvalue weighted by atomic mass is 19.1. The molecule has 0 unspecified atom stereocenters. The van der Waals surface area contributed by atoms with Crippen molar-refractivity contribution in [3.05, 3.63) is 29.6 Å². The van der Waals surface area contributed by atoms with E-state index in [-0.39, 0.29) is 18.3 Å². The van der Waals surface area contributed by atoms with E-state index in [4.69, 9.17) is 5.73 Å². The van der Waals surface area contributed by atoms with Crippen LogP contribution in [0.5, 0.6) is 0 Å². The summed E-state index contributed by atoms with van der Waals surface area (Å²) in [5.74, 6) is -0.591. The Bertz CT molecular complexity index is 378. The van der Waals surface area contributed by atoms with Gasteiger partial charge in [-0.15, -0.1) is 0 Å². The van der Waals surface area contributed by atoms with Crippen molar-refractivity contribution in [1.82, 2.24) is 0 Å². The fourth-order valence-corrected chi connectivity index (χ4v) is 1.79. The van der Waals surface area contributed by atoms with Crippen molar-refractivity contribution in [3.8, 4) is 0 Å². The number of primary amides is 1. The van der Waals surface area contributed by atoms with Crippen molar-refractivity contribution in [2.24, 2.45) is 5.73 Å². The number of fused-ring (bicyclic) bond motifs is 1. The van der Waals surface area contributed by atoms with Crippen LogP contribution in [-0.2, 0) is 11.2 Å². The number of halogens is 1. The summed E-state index contributed by atoms with van der Waals surface area (Å²) in [6.07, 6.45) is 0.778. The molecule has 0 bridgehead atoms. The van der Waals surface area contributed by atoms with Gasteiger partial charge in [0.15, 0.2) is 0 Å². The molecule has 1 heterocycles. The SMILES string of the molecule is NC(=O)CN1CCc2cc(F)ccc21. The first-order chi connectivity index (χ1) is 6.66. The Labute approximate surface area is 81.3 Å². The molecule has 1 aliphatic rings. The number of amides is 1. The lowest BCUT2D eigenvalue weighted by Gasteiger charge is -2.16. The van der Waals surface area contributed by atoms with Crippen LogP contribution in [0.4, 0.5) is 10.1 Å². The molecular formula is C10H11FN2O. The van der Waals surface area contributed by atoms with Crippen LogP contribution in [0.2, 0.25) is 0 Å². The standard InChI is InChI=1S/C10H11FN2O/c11-8-1-2-9-7(5-8)3-4-13(9)6-10(12)14/h1-2,5H,3-4,6H2,(H2,12,14). The summed E-state index contributed by atoms with van der Waals surface area (Å²) < 4.78 is 12.8. The Morgan fingerprint density at radius 3 is 3.07 bits per heavy atom. The Morgan fingerprint density at radius 2 is 2.36 bits per heavy atom. The van der Waals surface area contributed by atoms with E-state index in [1.165, 1.54) is 12.1 Å². The second-order valence-electron chi connectivity index (χ2n) is 3.41. The van der Waals surface area contributed by atoms with Crippen LogP contribution < -0.4 is 10.6 Å². The smallest absolute Gasteiger partial charge is 0.236 e. The average Bonchev–Trinajstić information content (AvgIpc) is 2.47. The number of anilines is 1. The van der Waals surface area contributed by atoms with E-state index in [2.05, 4.69) is 0 Å². The molecule has 74 valence electrons. The first-order valence-electron chi connectivity index (χ1n) is 4.48. The lowest BCUT2D eigenvalue weighted by Crippen LogP contribution is -2.32. The van der Waals surface area contributed by atoms with Gasteiger partial charge in [-0.3, -0.25) is 4.79 Å². The molecule has 3 nitrogen and oxygen atoms in total. The lowest BCUT2D eigenvalue weighted by molar-refractivity contribution is -0.116. The molecule has 14 heavy (non-hydrogen) atoms. The van der Waals surface area contributed by atoms with Crippen molar-refractivity contribution in [1.29, 1.82) is 0 Å². The monoisotopic (exact) mass is 194 g/mol.